The van der Waals surface area contributed by atoms with Gasteiger partial charge in [0.05, 0.1) is 0 Å². The van der Waals surface area contributed by atoms with E-state index in [9.17, 15) is 0 Å². The number of aryl methyl sites for hydroxylation is 3. The van der Waals surface area contributed by atoms with E-state index in [2.05, 4.69) is 52.0 Å². The van der Waals surface area contributed by atoms with Crippen molar-refractivity contribution in [2.24, 2.45) is 5.92 Å². The Morgan fingerprint density at radius 2 is 1.67 bits per heavy atom. The van der Waals surface area contributed by atoms with Gasteiger partial charge in [-0.15, -0.1) is 0 Å². The first-order chi connectivity index (χ1) is 11.6. The van der Waals surface area contributed by atoms with Gasteiger partial charge in [0.15, 0.2) is 0 Å². The van der Waals surface area contributed by atoms with Crippen LogP contribution in [0.3, 0.4) is 0 Å². The minimum atomic E-state index is 0.707. The Bertz CT molecular complexity index is 777. The van der Waals surface area contributed by atoms with Gasteiger partial charge in [0.2, 0.25) is 0 Å². The lowest BCUT2D eigenvalue weighted by molar-refractivity contribution is 0.532. The minimum absolute atomic E-state index is 0.707. The molecule has 24 heavy (non-hydrogen) atoms. The molecular formula is C24H30. The maximum absolute atomic E-state index is 2.59. The standard InChI is InChI=1S/C24H30/c1-15-10-11-20(17(3)12-15)24-21-9-7-5-6-8-19(21)14-22-18(4)16(2)13-23(22)24/h10-12,14,16,18H,5-9,13H2,1-4H3. The molecule has 0 amide bonds. The van der Waals surface area contributed by atoms with Crippen LogP contribution in [0.5, 0.6) is 0 Å². The van der Waals surface area contributed by atoms with Gasteiger partial charge in [0.25, 0.3) is 0 Å². The molecule has 2 aromatic carbocycles. The summed E-state index contributed by atoms with van der Waals surface area (Å²) >= 11 is 0. The second-order valence-corrected chi connectivity index (χ2v) is 8.31. The van der Waals surface area contributed by atoms with Gasteiger partial charge in [0, 0.05) is 0 Å². The summed E-state index contributed by atoms with van der Waals surface area (Å²) < 4.78 is 0. The quantitative estimate of drug-likeness (QED) is 0.524. The lowest BCUT2D eigenvalue weighted by Gasteiger charge is -2.21. The molecule has 0 saturated heterocycles. The van der Waals surface area contributed by atoms with Gasteiger partial charge in [-0.25, -0.2) is 0 Å². The molecule has 0 saturated carbocycles. The fourth-order valence-electron chi connectivity index (χ4n) is 5.00. The Morgan fingerprint density at radius 3 is 2.46 bits per heavy atom. The molecule has 4 rings (SSSR count). The van der Waals surface area contributed by atoms with Gasteiger partial charge < -0.3 is 0 Å². The van der Waals surface area contributed by atoms with Crippen molar-refractivity contribution in [3.8, 4) is 11.1 Å². The van der Waals surface area contributed by atoms with E-state index in [0.717, 1.165) is 5.92 Å². The summed E-state index contributed by atoms with van der Waals surface area (Å²) in [6.07, 6.45) is 7.91. The summed E-state index contributed by atoms with van der Waals surface area (Å²) in [5, 5.41) is 0. The van der Waals surface area contributed by atoms with E-state index in [-0.39, 0.29) is 0 Å². The predicted octanol–water partition coefficient (Wildman–Crippen LogP) is 6.54. The van der Waals surface area contributed by atoms with Gasteiger partial charge in [-0.1, -0.05) is 50.1 Å². The average molecular weight is 319 g/mol. The Hall–Kier alpha value is -1.56. The largest absolute Gasteiger partial charge is 0.0616 e. The van der Waals surface area contributed by atoms with E-state index >= 15 is 0 Å². The van der Waals surface area contributed by atoms with Crippen molar-refractivity contribution in [2.45, 2.75) is 72.1 Å². The maximum atomic E-state index is 2.59. The Balaban J connectivity index is 2.01. The molecule has 0 aromatic heterocycles. The fourth-order valence-corrected chi connectivity index (χ4v) is 5.00. The first kappa shape index (κ1) is 15.9. The second-order valence-electron chi connectivity index (χ2n) is 8.31. The molecular weight excluding hydrogens is 288 g/mol. The molecule has 0 fully saturated rings. The van der Waals surface area contributed by atoms with Crippen LogP contribution in [-0.2, 0) is 19.3 Å². The second kappa shape index (κ2) is 6.06. The van der Waals surface area contributed by atoms with E-state index in [4.69, 9.17) is 0 Å². The fraction of sp³-hybridized carbons (Fsp3) is 0.500. The van der Waals surface area contributed by atoms with Crippen LogP contribution in [-0.4, -0.2) is 0 Å². The zero-order chi connectivity index (χ0) is 16.8. The number of hydrogen-bond acceptors (Lipinski definition) is 0. The maximum Gasteiger partial charge on any atom is -0.0111 e. The van der Waals surface area contributed by atoms with Crippen LogP contribution in [0.25, 0.3) is 11.1 Å². The highest BCUT2D eigenvalue weighted by Crippen LogP contribution is 2.46. The third kappa shape index (κ3) is 2.51. The van der Waals surface area contributed by atoms with Gasteiger partial charge in [-0.05, 0) is 96.7 Å². The topological polar surface area (TPSA) is 0 Å². The van der Waals surface area contributed by atoms with E-state index in [1.807, 2.05) is 0 Å². The van der Waals surface area contributed by atoms with Crippen molar-refractivity contribution in [1.82, 2.24) is 0 Å². The SMILES string of the molecule is Cc1ccc(-c2c3c(cc4c2CC(C)C4C)CCCCC3)c(C)c1. The number of benzene rings is 2. The van der Waals surface area contributed by atoms with Gasteiger partial charge in [0.1, 0.15) is 0 Å². The molecule has 0 nitrogen and oxygen atoms in total. The van der Waals surface area contributed by atoms with E-state index < -0.39 is 0 Å². The van der Waals surface area contributed by atoms with Gasteiger partial charge in [-0.3, -0.25) is 0 Å². The van der Waals surface area contributed by atoms with E-state index in [1.54, 1.807) is 27.8 Å². The highest BCUT2D eigenvalue weighted by Gasteiger charge is 2.31. The smallest absolute Gasteiger partial charge is 0.0111 e. The van der Waals surface area contributed by atoms with Crippen molar-refractivity contribution in [3.05, 3.63) is 57.6 Å². The molecule has 0 radical (unpaired) electrons. The van der Waals surface area contributed by atoms with Crippen molar-refractivity contribution in [1.29, 1.82) is 0 Å². The van der Waals surface area contributed by atoms with Gasteiger partial charge in [-0.2, -0.15) is 0 Å². The lowest BCUT2D eigenvalue weighted by atomic mass is 9.84. The van der Waals surface area contributed by atoms with E-state index in [0.29, 0.717) is 5.92 Å². The van der Waals surface area contributed by atoms with Crippen molar-refractivity contribution >= 4 is 0 Å². The van der Waals surface area contributed by atoms with Crippen LogP contribution >= 0.6 is 0 Å². The van der Waals surface area contributed by atoms with Crippen LogP contribution in [0.1, 0.15) is 72.4 Å². The molecule has 0 heterocycles. The third-order valence-corrected chi connectivity index (χ3v) is 6.56. The van der Waals surface area contributed by atoms with Crippen molar-refractivity contribution in [2.75, 3.05) is 0 Å². The minimum Gasteiger partial charge on any atom is -0.0616 e. The third-order valence-electron chi connectivity index (χ3n) is 6.56. The normalized spacial score (nSPS) is 22.8. The molecule has 2 aliphatic carbocycles. The molecule has 2 atom stereocenters. The summed E-state index contributed by atoms with van der Waals surface area (Å²) in [6.45, 7) is 9.37. The first-order valence-electron chi connectivity index (χ1n) is 9.81. The highest BCUT2D eigenvalue weighted by atomic mass is 14.4. The molecule has 0 heteroatoms. The van der Waals surface area contributed by atoms with Crippen molar-refractivity contribution in [3.63, 3.8) is 0 Å². The molecule has 2 aromatic rings. The van der Waals surface area contributed by atoms with Crippen LogP contribution in [0.2, 0.25) is 0 Å². The van der Waals surface area contributed by atoms with Crippen LogP contribution in [0.15, 0.2) is 24.3 Å². The highest BCUT2D eigenvalue weighted by molar-refractivity contribution is 5.78. The zero-order valence-electron chi connectivity index (χ0n) is 15.7. The molecule has 0 N–H and O–H groups in total. The number of fused-ring (bicyclic) bond motifs is 2. The molecule has 126 valence electrons. The Kier molecular flexibility index (Phi) is 4.03. The predicted molar refractivity (Wildman–Crippen MR) is 104 cm³/mol. The number of hydrogen-bond donors (Lipinski definition) is 0. The summed E-state index contributed by atoms with van der Waals surface area (Å²) in [4.78, 5) is 0. The summed E-state index contributed by atoms with van der Waals surface area (Å²) in [6, 6.07) is 9.64. The Labute approximate surface area is 147 Å². The first-order valence-corrected chi connectivity index (χ1v) is 9.81. The van der Waals surface area contributed by atoms with Gasteiger partial charge >= 0.3 is 0 Å². The molecule has 2 aliphatic rings. The summed E-state index contributed by atoms with van der Waals surface area (Å²) in [5.41, 5.74) is 12.6. The molecule has 0 bridgehead atoms. The van der Waals surface area contributed by atoms with Crippen LogP contribution in [0.4, 0.5) is 0 Å². The number of rotatable bonds is 1. The van der Waals surface area contributed by atoms with Crippen molar-refractivity contribution < 1.29 is 0 Å². The van der Waals surface area contributed by atoms with Crippen LogP contribution in [0, 0.1) is 19.8 Å². The summed E-state index contributed by atoms with van der Waals surface area (Å²) in [7, 11) is 0. The zero-order valence-corrected chi connectivity index (χ0v) is 15.7. The lowest BCUT2D eigenvalue weighted by Crippen LogP contribution is -2.03. The van der Waals surface area contributed by atoms with Crippen LogP contribution < -0.4 is 0 Å². The monoisotopic (exact) mass is 318 g/mol. The molecule has 2 unspecified atom stereocenters. The van der Waals surface area contributed by atoms with E-state index in [1.165, 1.54) is 55.2 Å². The average Bonchev–Trinajstić information content (AvgIpc) is 2.73. The Morgan fingerprint density at radius 1 is 0.875 bits per heavy atom. The summed E-state index contributed by atoms with van der Waals surface area (Å²) in [5.74, 6) is 1.48. The molecule has 0 aliphatic heterocycles. The molecule has 0 spiro atoms.